The molecule has 0 unspecified atom stereocenters. The smallest absolute Gasteiger partial charge is 0.269 e. The number of amides is 1. The van der Waals surface area contributed by atoms with Crippen molar-refractivity contribution in [3.8, 4) is 0 Å². The fraction of sp³-hybridized carbons (Fsp3) is 0.188. The van der Waals surface area contributed by atoms with Crippen molar-refractivity contribution < 1.29 is 9.72 Å². The Kier molecular flexibility index (Phi) is 5.21. The largest absolute Gasteiger partial charge is 0.325 e. The van der Waals surface area contributed by atoms with Crippen LogP contribution < -0.4 is 10.6 Å². The SMILES string of the molecule is C[C@@H](NCC(=O)Nc1ccc([N+](=O)[O-])cc1)c1ccccc1. The van der Waals surface area contributed by atoms with Gasteiger partial charge in [-0.2, -0.15) is 0 Å². The van der Waals surface area contributed by atoms with Crippen molar-refractivity contribution in [1.29, 1.82) is 0 Å². The van der Waals surface area contributed by atoms with E-state index in [1.807, 2.05) is 37.3 Å². The van der Waals surface area contributed by atoms with Crippen molar-refractivity contribution in [2.75, 3.05) is 11.9 Å². The van der Waals surface area contributed by atoms with Crippen LogP contribution in [0.15, 0.2) is 54.6 Å². The zero-order chi connectivity index (χ0) is 15.9. The standard InChI is InChI=1S/C16H17N3O3/c1-12(13-5-3-2-4-6-13)17-11-16(20)18-14-7-9-15(10-8-14)19(21)22/h2-10,12,17H,11H2,1H3,(H,18,20)/t12-/m1/s1. The Balaban J connectivity index is 1.84. The van der Waals surface area contributed by atoms with Crippen molar-refractivity contribution in [3.63, 3.8) is 0 Å². The van der Waals surface area contributed by atoms with E-state index >= 15 is 0 Å². The number of carbonyl (C=O) groups is 1. The minimum atomic E-state index is -0.477. The maximum atomic E-state index is 11.9. The Morgan fingerprint density at radius 3 is 2.36 bits per heavy atom. The van der Waals surface area contributed by atoms with Gasteiger partial charge in [-0.15, -0.1) is 0 Å². The molecule has 6 nitrogen and oxygen atoms in total. The van der Waals surface area contributed by atoms with E-state index in [-0.39, 0.29) is 24.2 Å². The van der Waals surface area contributed by atoms with Gasteiger partial charge in [0, 0.05) is 23.9 Å². The molecule has 0 heterocycles. The zero-order valence-electron chi connectivity index (χ0n) is 12.2. The predicted octanol–water partition coefficient (Wildman–Crippen LogP) is 2.88. The first-order valence-electron chi connectivity index (χ1n) is 6.89. The van der Waals surface area contributed by atoms with Crippen molar-refractivity contribution >= 4 is 17.3 Å². The van der Waals surface area contributed by atoms with E-state index in [0.717, 1.165) is 5.56 Å². The molecular formula is C16H17N3O3. The Bertz CT molecular complexity index is 641. The molecule has 1 atom stereocenters. The van der Waals surface area contributed by atoms with E-state index < -0.39 is 4.92 Å². The van der Waals surface area contributed by atoms with Crippen LogP contribution in [-0.2, 0) is 4.79 Å². The first kappa shape index (κ1) is 15.7. The molecule has 6 heteroatoms. The summed E-state index contributed by atoms with van der Waals surface area (Å²) in [4.78, 5) is 21.9. The van der Waals surface area contributed by atoms with E-state index in [0.29, 0.717) is 5.69 Å². The number of non-ortho nitro benzene ring substituents is 1. The summed E-state index contributed by atoms with van der Waals surface area (Å²) in [5.74, 6) is -0.198. The molecule has 0 aliphatic heterocycles. The third-order valence-electron chi connectivity index (χ3n) is 3.23. The average Bonchev–Trinajstić information content (AvgIpc) is 2.54. The summed E-state index contributed by atoms with van der Waals surface area (Å²) in [6.45, 7) is 2.14. The second-order valence-corrected chi connectivity index (χ2v) is 4.87. The lowest BCUT2D eigenvalue weighted by atomic mass is 10.1. The van der Waals surface area contributed by atoms with Crippen LogP contribution in [-0.4, -0.2) is 17.4 Å². The number of benzene rings is 2. The molecule has 22 heavy (non-hydrogen) atoms. The van der Waals surface area contributed by atoms with E-state index in [9.17, 15) is 14.9 Å². The third kappa shape index (κ3) is 4.39. The normalized spacial score (nSPS) is 11.7. The molecule has 0 spiro atoms. The molecule has 2 N–H and O–H groups in total. The predicted molar refractivity (Wildman–Crippen MR) is 84.6 cm³/mol. The number of nitrogens with zero attached hydrogens (tertiary/aromatic N) is 1. The van der Waals surface area contributed by atoms with E-state index in [1.54, 1.807) is 0 Å². The van der Waals surface area contributed by atoms with Gasteiger partial charge in [-0.3, -0.25) is 14.9 Å². The fourth-order valence-corrected chi connectivity index (χ4v) is 1.98. The molecule has 0 fully saturated rings. The second kappa shape index (κ2) is 7.33. The van der Waals surface area contributed by atoms with Crippen molar-refractivity contribution in [2.45, 2.75) is 13.0 Å². The summed E-state index contributed by atoms with van der Waals surface area (Å²) in [5.41, 5.74) is 1.63. The monoisotopic (exact) mass is 299 g/mol. The lowest BCUT2D eigenvalue weighted by Crippen LogP contribution is -2.30. The zero-order valence-corrected chi connectivity index (χ0v) is 12.2. The third-order valence-corrected chi connectivity index (χ3v) is 3.23. The number of rotatable bonds is 6. The molecule has 0 aliphatic carbocycles. The van der Waals surface area contributed by atoms with E-state index in [4.69, 9.17) is 0 Å². The molecule has 2 rings (SSSR count). The maximum absolute atomic E-state index is 11.9. The number of nitro groups is 1. The Morgan fingerprint density at radius 2 is 1.77 bits per heavy atom. The Labute approximate surface area is 128 Å². The van der Waals surface area contributed by atoms with Gasteiger partial charge in [0.15, 0.2) is 0 Å². The van der Waals surface area contributed by atoms with Gasteiger partial charge in [-0.25, -0.2) is 0 Å². The van der Waals surface area contributed by atoms with Crippen LogP contribution in [0.2, 0.25) is 0 Å². The lowest BCUT2D eigenvalue weighted by Gasteiger charge is -2.14. The summed E-state index contributed by atoms with van der Waals surface area (Å²) in [6, 6.07) is 15.6. The highest BCUT2D eigenvalue weighted by Crippen LogP contribution is 2.15. The molecule has 2 aromatic rings. The summed E-state index contributed by atoms with van der Waals surface area (Å²) in [7, 11) is 0. The number of hydrogen-bond acceptors (Lipinski definition) is 4. The summed E-state index contributed by atoms with van der Waals surface area (Å²) < 4.78 is 0. The van der Waals surface area contributed by atoms with Crippen LogP contribution in [0, 0.1) is 10.1 Å². The number of carbonyl (C=O) groups excluding carboxylic acids is 1. The van der Waals surface area contributed by atoms with E-state index in [2.05, 4.69) is 10.6 Å². The van der Waals surface area contributed by atoms with Gasteiger partial charge < -0.3 is 10.6 Å². The van der Waals surface area contributed by atoms with Crippen LogP contribution in [0.4, 0.5) is 11.4 Å². The first-order chi connectivity index (χ1) is 10.6. The van der Waals surface area contributed by atoms with Crippen molar-refractivity contribution in [1.82, 2.24) is 5.32 Å². The van der Waals surface area contributed by atoms with E-state index in [1.165, 1.54) is 24.3 Å². The number of hydrogen-bond donors (Lipinski definition) is 2. The van der Waals surface area contributed by atoms with Crippen LogP contribution >= 0.6 is 0 Å². The summed E-state index contributed by atoms with van der Waals surface area (Å²) in [5, 5.41) is 16.4. The van der Waals surface area contributed by atoms with Crippen molar-refractivity contribution in [2.24, 2.45) is 0 Å². The Hall–Kier alpha value is -2.73. The van der Waals surface area contributed by atoms with Gasteiger partial charge >= 0.3 is 0 Å². The molecule has 0 bridgehead atoms. The number of anilines is 1. The lowest BCUT2D eigenvalue weighted by molar-refractivity contribution is -0.384. The highest BCUT2D eigenvalue weighted by atomic mass is 16.6. The second-order valence-electron chi connectivity index (χ2n) is 4.87. The fourth-order valence-electron chi connectivity index (χ4n) is 1.98. The molecule has 0 aliphatic rings. The number of nitrogens with one attached hydrogen (secondary N) is 2. The minimum absolute atomic E-state index is 0.00572. The quantitative estimate of drug-likeness (QED) is 0.634. The summed E-state index contributed by atoms with van der Waals surface area (Å²) in [6.07, 6.45) is 0. The van der Waals surface area contributed by atoms with Gasteiger partial charge in [0.25, 0.3) is 5.69 Å². The van der Waals surface area contributed by atoms with Gasteiger partial charge in [0.1, 0.15) is 0 Å². The molecule has 0 aromatic heterocycles. The van der Waals surface area contributed by atoms with Crippen LogP contribution in [0.1, 0.15) is 18.5 Å². The summed E-state index contributed by atoms with van der Waals surface area (Å²) >= 11 is 0. The average molecular weight is 299 g/mol. The highest BCUT2D eigenvalue weighted by molar-refractivity contribution is 5.92. The molecule has 114 valence electrons. The minimum Gasteiger partial charge on any atom is -0.325 e. The molecule has 1 amide bonds. The molecular weight excluding hydrogens is 282 g/mol. The Morgan fingerprint density at radius 1 is 1.14 bits per heavy atom. The molecule has 0 saturated carbocycles. The molecule has 0 radical (unpaired) electrons. The topological polar surface area (TPSA) is 84.3 Å². The van der Waals surface area contributed by atoms with Crippen LogP contribution in [0.5, 0.6) is 0 Å². The maximum Gasteiger partial charge on any atom is 0.269 e. The van der Waals surface area contributed by atoms with Gasteiger partial charge in [0.05, 0.1) is 11.5 Å². The van der Waals surface area contributed by atoms with Crippen molar-refractivity contribution in [3.05, 3.63) is 70.3 Å². The van der Waals surface area contributed by atoms with Gasteiger partial charge in [-0.05, 0) is 24.6 Å². The molecule has 0 saturated heterocycles. The van der Waals surface area contributed by atoms with Gasteiger partial charge in [0.2, 0.25) is 5.91 Å². The van der Waals surface area contributed by atoms with Gasteiger partial charge in [-0.1, -0.05) is 30.3 Å². The highest BCUT2D eigenvalue weighted by Gasteiger charge is 2.09. The van der Waals surface area contributed by atoms with Crippen LogP contribution in [0.25, 0.3) is 0 Å². The first-order valence-corrected chi connectivity index (χ1v) is 6.89. The molecule has 2 aromatic carbocycles. The van der Waals surface area contributed by atoms with Crippen LogP contribution in [0.3, 0.4) is 0 Å². The number of nitro benzene ring substituents is 1.